The smallest absolute Gasteiger partial charge is 0.418 e. The second-order valence-electron chi connectivity index (χ2n) is 3.17. The number of aliphatic hydroxyl groups is 1. The number of aliphatic hydroxyl groups excluding tert-OH is 1. The fourth-order valence-electron chi connectivity index (χ4n) is 1.27. The molecule has 0 saturated carbocycles. The predicted octanol–water partition coefficient (Wildman–Crippen LogP) is 3.06. The van der Waals surface area contributed by atoms with E-state index in [-0.39, 0.29) is 17.1 Å². The van der Waals surface area contributed by atoms with Gasteiger partial charge in [-0.25, -0.2) is 0 Å². The van der Waals surface area contributed by atoms with Crippen LogP contribution >= 0.6 is 15.9 Å². The monoisotopic (exact) mass is 314 g/mol. The van der Waals surface area contributed by atoms with Crippen molar-refractivity contribution in [1.29, 1.82) is 0 Å². The Labute approximate surface area is 104 Å². The largest absolute Gasteiger partial charge is 0.496 e. The van der Waals surface area contributed by atoms with E-state index in [1.807, 2.05) is 0 Å². The Hall–Kier alpha value is -0.950. The molecule has 0 radical (unpaired) electrons. The molecular formula is C10H10BrF3O3. The van der Waals surface area contributed by atoms with Gasteiger partial charge in [-0.3, -0.25) is 0 Å². The molecule has 17 heavy (non-hydrogen) atoms. The van der Waals surface area contributed by atoms with Gasteiger partial charge in [0.2, 0.25) is 0 Å². The summed E-state index contributed by atoms with van der Waals surface area (Å²) in [5.41, 5.74) is -0.389. The first-order chi connectivity index (χ1) is 7.81. The summed E-state index contributed by atoms with van der Waals surface area (Å²) in [6.07, 6.45) is -7.37. The van der Waals surface area contributed by atoms with E-state index in [2.05, 4.69) is 15.9 Å². The fraction of sp³-hybridized carbons (Fsp3) is 0.400. The quantitative estimate of drug-likeness (QED) is 0.932. The van der Waals surface area contributed by atoms with Crippen LogP contribution in [-0.2, 0) is 0 Å². The molecule has 0 saturated heterocycles. The molecule has 0 amide bonds. The summed E-state index contributed by atoms with van der Waals surface area (Å²) >= 11 is 3.11. The highest BCUT2D eigenvalue weighted by Gasteiger charge is 2.41. The molecule has 0 spiro atoms. The molecule has 1 unspecified atom stereocenters. The molecule has 0 aliphatic heterocycles. The topological polar surface area (TPSA) is 38.7 Å². The van der Waals surface area contributed by atoms with Crippen LogP contribution in [0.3, 0.4) is 0 Å². The molecule has 1 N–H and O–H groups in total. The molecule has 1 aromatic carbocycles. The highest BCUT2D eigenvalue weighted by molar-refractivity contribution is 9.10. The van der Waals surface area contributed by atoms with Crippen molar-refractivity contribution in [2.45, 2.75) is 12.3 Å². The Balaban J connectivity index is 3.30. The summed E-state index contributed by atoms with van der Waals surface area (Å²) in [6, 6.07) is 2.39. The molecule has 0 heterocycles. The van der Waals surface area contributed by atoms with Crippen molar-refractivity contribution in [2.24, 2.45) is 0 Å². The summed E-state index contributed by atoms with van der Waals surface area (Å²) in [6.45, 7) is 0. The maximum atomic E-state index is 12.4. The van der Waals surface area contributed by atoms with Crippen LogP contribution in [0.5, 0.6) is 11.5 Å². The van der Waals surface area contributed by atoms with Gasteiger partial charge >= 0.3 is 6.18 Å². The Morgan fingerprint density at radius 3 is 2.12 bits per heavy atom. The second-order valence-corrected chi connectivity index (χ2v) is 4.03. The first-order valence-corrected chi connectivity index (χ1v) is 5.26. The first kappa shape index (κ1) is 14.1. The lowest BCUT2D eigenvalue weighted by atomic mass is 10.1. The van der Waals surface area contributed by atoms with Gasteiger partial charge in [-0.1, -0.05) is 0 Å². The maximum Gasteiger partial charge on any atom is 0.418 e. The zero-order chi connectivity index (χ0) is 13.2. The number of hydrogen-bond donors (Lipinski definition) is 1. The van der Waals surface area contributed by atoms with Crippen molar-refractivity contribution in [1.82, 2.24) is 0 Å². The van der Waals surface area contributed by atoms with Gasteiger partial charge in [-0.2, -0.15) is 13.2 Å². The average Bonchev–Trinajstić information content (AvgIpc) is 2.26. The Bertz CT molecular complexity index is 407. The van der Waals surface area contributed by atoms with Crippen molar-refractivity contribution in [2.75, 3.05) is 14.2 Å². The minimum absolute atomic E-state index is 0.0671. The Morgan fingerprint density at radius 2 is 1.71 bits per heavy atom. The van der Waals surface area contributed by atoms with Crippen LogP contribution < -0.4 is 9.47 Å². The van der Waals surface area contributed by atoms with Gasteiger partial charge in [0.15, 0.2) is 6.10 Å². The van der Waals surface area contributed by atoms with E-state index in [1.165, 1.54) is 20.3 Å². The third kappa shape index (κ3) is 3.04. The van der Waals surface area contributed by atoms with E-state index in [1.54, 1.807) is 0 Å². The molecule has 0 fully saturated rings. The van der Waals surface area contributed by atoms with Crippen LogP contribution in [0.4, 0.5) is 13.2 Å². The molecule has 1 atom stereocenters. The highest BCUT2D eigenvalue weighted by atomic mass is 79.9. The van der Waals surface area contributed by atoms with E-state index in [0.29, 0.717) is 4.47 Å². The SMILES string of the molecule is COc1cc(C(O)C(F)(F)F)c(OC)cc1Br. The van der Waals surface area contributed by atoms with Gasteiger partial charge in [0.25, 0.3) is 0 Å². The van der Waals surface area contributed by atoms with Crippen molar-refractivity contribution in [3.05, 3.63) is 22.2 Å². The third-order valence-electron chi connectivity index (χ3n) is 2.11. The van der Waals surface area contributed by atoms with Gasteiger partial charge < -0.3 is 14.6 Å². The van der Waals surface area contributed by atoms with Crippen LogP contribution in [0.1, 0.15) is 11.7 Å². The molecule has 1 aromatic rings. The Kier molecular flexibility index (Phi) is 4.26. The number of ether oxygens (including phenoxy) is 2. The van der Waals surface area contributed by atoms with Gasteiger partial charge in [-0.05, 0) is 28.1 Å². The van der Waals surface area contributed by atoms with Gasteiger partial charge in [-0.15, -0.1) is 0 Å². The number of hydrogen-bond acceptors (Lipinski definition) is 3. The summed E-state index contributed by atoms with van der Waals surface area (Å²) in [5, 5.41) is 9.20. The average molecular weight is 315 g/mol. The van der Waals surface area contributed by atoms with Crippen molar-refractivity contribution in [3.63, 3.8) is 0 Å². The molecule has 0 aromatic heterocycles. The zero-order valence-electron chi connectivity index (χ0n) is 9.01. The summed E-state index contributed by atoms with van der Waals surface area (Å²) in [5.74, 6) is 0.117. The standard InChI is InChI=1S/C10H10BrF3O3/c1-16-7-4-6(11)8(17-2)3-5(7)9(15)10(12,13)14/h3-4,9,15H,1-2H3. The Morgan fingerprint density at radius 1 is 1.18 bits per heavy atom. The predicted molar refractivity (Wildman–Crippen MR) is 58.3 cm³/mol. The molecule has 0 bridgehead atoms. The number of benzene rings is 1. The fourth-order valence-corrected chi connectivity index (χ4v) is 1.76. The highest BCUT2D eigenvalue weighted by Crippen LogP contribution is 2.41. The van der Waals surface area contributed by atoms with Crippen molar-refractivity contribution >= 4 is 15.9 Å². The number of rotatable bonds is 3. The van der Waals surface area contributed by atoms with Gasteiger partial charge in [0, 0.05) is 5.56 Å². The van der Waals surface area contributed by atoms with Crippen LogP contribution in [0, 0.1) is 0 Å². The summed E-state index contributed by atoms with van der Waals surface area (Å²) in [7, 11) is 2.54. The van der Waals surface area contributed by atoms with Gasteiger partial charge in [0.05, 0.1) is 18.7 Å². The lowest BCUT2D eigenvalue weighted by Crippen LogP contribution is -2.20. The first-order valence-electron chi connectivity index (χ1n) is 4.47. The van der Waals surface area contributed by atoms with E-state index >= 15 is 0 Å². The van der Waals surface area contributed by atoms with Crippen molar-refractivity contribution < 1.29 is 27.8 Å². The summed E-state index contributed by atoms with van der Waals surface area (Å²) in [4.78, 5) is 0. The minimum Gasteiger partial charge on any atom is -0.496 e. The van der Waals surface area contributed by atoms with E-state index in [9.17, 15) is 18.3 Å². The van der Waals surface area contributed by atoms with Crippen LogP contribution in [-0.4, -0.2) is 25.5 Å². The maximum absolute atomic E-state index is 12.4. The number of alkyl halides is 3. The lowest BCUT2D eigenvalue weighted by Gasteiger charge is -2.19. The molecule has 0 aliphatic carbocycles. The molecule has 0 aliphatic rings. The second kappa shape index (κ2) is 5.14. The van der Waals surface area contributed by atoms with Crippen LogP contribution in [0.2, 0.25) is 0 Å². The molecule has 3 nitrogen and oxygen atoms in total. The molecule has 7 heteroatoms. The number of methoxy groups -OCH3 is 2. The minimum atomic E-state index is -4.76. The lowest BCUT2D eigenvalue weighted by molar-refractivity contribution is -0.207. The van der Waals surface area contributed by atoms with Gasteiger partial charge in [0.1, 0.15) is 11.5 Å². The van der Waals surface area contributed by atoms with E-state index < -0.39 is 12.3 Å². The normalized spacial score (nSPS) is 13.4. The molecule has 96 valence electrons. The zero-order valence-corrected chi connectivity index (χ0v) is 10.6. The van der Waals surface area contributed by atoms with Crippen LogP contribution in [0.25, 0.3) is 0 Å². The van der Waals surface area contributed by atoms with Crippen LogP contribution in [0.15, 0.2) is 16.6 Å². The van der Waals surface area contributed by atoms with E-state index in [4.69, 9.17) is 9.47 Å². The third-order valence-corrected chi connectivity index (χ3v) is 2.73. The molecular weight excluding hydrogens is 305 g/mol. The van der Waals surface area contributed by atoms with Crippen molar-refractivity contribution in [3.8, 4) is 11.5 Å². The number of halogens is 4. The van der Waals surface area contributed by atoms with E-state index in [0.717, 1.165) is 6.07 Å². The summed E-state index contributed by atoms with van der Waals surface area (Å²) < 4.78 is 47.4. The molecule has 1 rings (SSSR count).